The summed E-state index contributed by atoms with van der Waals surface area (Å²) < 4.78 is 0. The summed E-state index contributed by atoms with van der Waals surface area (Å²) in [5, 5.41) is 6.45. The lowest BCUT2D eigenvalue weighted by Gasteiger charge is -2.27. The maximum atomic E-state index is 12.0. The van der Waals surface area contributed by atoms with E-state index in [0.29, 0.717) is 0 Å². The lowest BCUT2D eigenvalue weighted by Crippen LogP contribution is -2.44. The van der Waals surface area contributed by atoms with E-state index in [0.717, 1.165) is 65.0 Å². The van der Waals surface area contributed by atoms with Crippen LogP contribution in [-0.2, 0) is 4.79 Å². The van der Waals surface area contributed by atoms with E-state index < -0.39 is 0 Å². The molecule has 0 aromatic carbocycles. The second-order valence-corrected chi connectivity index (χ2v) is 5.48. The molecule has 1 fully saturated rings. The topological polar surface area (TPSA) is 44.4 Å². The fourth-order valence-electron chi connectivity index (χ4n) is 2.56. The molecule has 2 N–H and O–H groups in total. The number of carbonyl (C=O) groups is 1. The molecule has 0 aromatic rings. The first-order chi connectivity index (χ1) is 9.27. The number of piperazine rings is 1. The molecule has 0 bridgehead atoms. The lowest BCUT2D eigenvalue weighted by molar-refractivity contribution is -0.125. The molecular weight excluding hydrogens is 274 g/mol. The fourth-order valence-corrected chi connectivity index (χ4v) is 2.56. The summed E-state index contributed by atoms with van der Waals surface area (Å²) in [7, 11) is 0. The third-order valence-corrected chi connectivity index (χ3v) is 3.93. The fraction of sp³-hybridized carbons (Fsp3) is 0.933. The molecule has 1 saturated heterocycles. The van der Waals surface area contributed by atoms with Crippen molar-refractivity contribution in [3.8, 4) is 0 Å². The van der Waals surface area contributed by atoms with Crippen molar-refractivity contribution in [2.45, 2.75) is 46.0 Å². The van der Waals surface area contributed by atoms with Gasteiger partial charge in [0, 0.05) is 38.6 Å². The van der Waals surface area contributed by atoms with E-state index in [1.54, 1.807) is 0 Å². The summed E-state index contributed by atoms with van der Waals surface area (Å²) in [6.45, 7) is 10.7. The van der Waals surface area contributed by atoms with Gasteiger partial charge in [0.25, 0.3) is 0 Å². The summed E-state index contributed by atoms with van der Waals surface area (Å²) >= 11 is 0. The highest BCUT2D eigenvalue weighted by Gasteiger charge is 2.15. The second kappa shape index (κ2) is 12.4. The number of carbonyl (C=O) groups excluding carboxylic acids is 1. The van der Waals surface area contributed by atoms with E-state index in [2.05, 4.69) is 29.4 Å². The molecule has 0 aliphatic carbocycles. The highest BCUT2D eigenvalue weighted by Crippen LogP contribution is 2.12. The molecule has 120 valence electrons. The van der Waals surface area contributed by atoms with Gasteiger partial charge in [-0.15, -0.1) is 12.4 Å². The van der Waals surface area contributed by atoms with Gasteiger partial charge in [0.15, 0.2) is 0 Å². The normalized spacial score (nSPS) is 17.3. The Hall–Kier alpha value is -0.320. The number of hydrogen-bond acceptors (Lipinski definition) is 3. The van der Waals surface area contributed by atoms with Crippen LogP contribution in [0.25, 0.3) is 0 Å². The zero-order valence-corrected chi connectivity index (χ0v) is 13.9. The Bertz CT molecular complexity index is 245. The van der Waals surface area contributed by atoms with Crippen molar-refractivity contribution in [1.29, 1.82) is 0 Å². The zero-order chi connectivity index (χ0) is 13.9. The molecule has 0 aromatic heterocycles. The van der Waals surface area contributed by atoms with Gasteiger partial charge in [0.2, 0.25) is 5.91 Å². The first kappa shape index (κ1) is 19.7. The van der Waals surface area contributed by atoms with Gasteiger partial charge < -0.3 is 15.5 Å². The van der Waals surface area contributed by atoms with Crippen LogP contribution in [0.3, 0.4) is 0 Å². The minimum absolute atomic E-state index is 0. The summed E-state index contributed by atoms with van der Waals surface area (Å²) in [6.07, 6.45) is 5.40. The number of amides is 1. The molecule has 1 amide bonds. The Balaban J connectivity index is 0.00000361. The van der Waals surface area contributed by atoms with E-state index in [4.69, 9.17) is 0 Å². The van der Waals surface area contributed by atoms with E-state index in [1.165, 1.54) is 6.42 Å². The van der Waals surface area contributed by atoms with Crippen molar-refractivity contribution in [2.24, 2.45) is 5.92 Å². The van der Waals surface area contributed by atoms with Gasteiger partial charge in [-0.2, -0.15) is 0 Å². The molecule has 1 heterocycles. The zero-order valence-electron chi connectivity index (χ0n) is 13.1. The predicted octanol–water partition coefficient (Wildman–Crippen LogP) is 2.04. The average molecular weight is 306 g/mol. The van der Waals surface area contributed by atoms with Crippen LogP contribution < -0.4 is 10.6 Å². The number of rotatable bonds is 9. The number of halogens is 1. The van der Waals surface area contributed by atoms with Gasteiger partial charge in [-0.3, -0.25) is 4.79 Å². The number of nitrogens with zero attached hydrogens (tertiary/aromatic N) is 1. The number of nitrogens with one attached hydrogen (secondary N) is 2. The van der Waals surface area contributed by atoms with E-state index in [-0.39, 0.29) is 24.2 Å². The van der Waals surface area contributed by atoms with Crippen molar-refractivity contribution < 1.29 is 4.79 Å². The van der Waals surface area contributed by atoms with Gasteiger partial charge in [-0.05, 0) is 25.8 Å². The van der Waals surface area contributed by atoms with Gasteiger partial charge in [0.1, 0.15) is 0 Å². The third kappa shape index (κ3) is 8.08. The maximum Gasteiger partial charge on any atom is 0.223 e. The molecule has 1 rings (SSSR count). The highest BCUT2D eigenvalue weighted by atomic mass is 35.5. The third-order valence-electron chi connectivity index (χ3n) is 3.93. The number of unbranched alkanes of at least 4 members (excludes halogenated alkanes) is 1. The van der Waals surface area contributed by atoms with E-state index in [1.807, 2.05) is 0 Å². The van der Waals surface area contributed by atoms with Crippen LogP contribution in [0.2, 0.25) is 0 Å². The molecule has 1 aliphatic rings. The van der Waals surface area contributed by atoms with Crippen molar-refractivity contribution in [2.75, 3.05) is 39.3 Å². The van der Waals surface area contributed by atoms with Crippen molar-refractivity contribution in [1.82, 2.24) is 15.5 Å². The largest absolute Gasteiger partial charge is 0.356 e. The van der Waals surface area contributed by atoms with E-state index >= 15 is 0 Å². The van der Waals surface area contributed by atoms with Crippen LogP contribution in [-0.4, -0.2) is 50.1 Å². The Morgan fingerprint density at radius 2 is 1.95 bits per heavy atom. The summed E-state index contributed by atoms with van der Waals surface area (Å²) in [4.78, 5) is 14.5. The van der Waals surface area contributed by atoms with Crippen LogP contribution in [0, 0.1) is 5.92 Å². The smallest absolute Gasteiger partial charge is 0.223 e. The molecule has 4 nitrogen and oxygen atoms in total. The molecule has 20 heavy (non-hydrogen) atoms. The first-order valence-electron chi connectivity index (χ1n) is 7.98. The van der Waals surface area contributed by atoms with Crippen molar-refractivity contribution in [3.63, 3.8) is 0 Å². The Morgan fingerprint density at radius 1 is 1.25 bits per heavy atom. The SMILES string of the molecule is CCCCC(CC)C(=O)NCCCN1CCNCC1.Cl. The molecule has 1 unspecified atom stereocenters. The molecule has 5 heteroatoms. The first-order valence-corrected chi connectivity index (χ1v) is 7.98. The second-order valence-electron chi connectivity index (χ2n) is 5.48. The van der Waals surface area contributed by atoms with E-state index in [9.17, 15) is 4.79 Å². The Labute approximate surface area is 130 Å². The number of hydrogen-bond donors (Lipinski definition) is 2. The van der Waals surface area contributed by atoms with Crippen molar-refractivity contribution in [3.05, 3.63) is 0 Å². The summed E-state index contributed by atoms with van der Waals surface area (Å²) in [5.74, 6) is 0.482. The minimum Gasteiger partial charge on any atom is -0.356 e. The lowest BCUT2D eigenvalue weighted by atomic mass is 9.98. The minimum atomic E-state index is 0. The van der Waals surface area contributed by atoms with Gasteiger partial charge in [-0.1, -0.05) is 26.7 Å². The van der Waals surface area contributed by atoms with Crippen LogP contribution >= 0.6 is 12.4 Å². The molecule has 0 radical (unpaired) electrons. The quantitative estimate of drug-likeness (QED) is 0.641. The molecule has 0 spiro atoms. The monoisotopic (exact) mass is 305 g/mol. The van der Waals surface area contributed by atoms with Gasteiger partial charge in [0.05, 0.1) is 0 Å². The van der Waals surface area contributed by atoms with Crippen LogP contribution in [0.15, 0.2) is 0 Å². The van der Waals surface area contributed by atoms with Crippen LogP contribution in [0.5, 0.6) is 0 Å². The van der Waals surface area contributed by atoms with Crippen LogP contribution in [0.4, 0.5) is 0 Å². The Kier molecular flexibility index (Phi) is 12.2. The maximum absolute atomic E-state index is 12.0. The molecular formula is C15H32ClN3O. The summed E-state index contributed by atoms with van der Waals surface area (Å²) in [6, 6.07) is 0. The average Bonchev–Trinajstić information content (AvgIpc) is 2.45. The highest BCUT2D eigenvalue weighted by molar-refractivity contribution is 5.85. The molecule has 1 aliphatic heterocycles. The molecule has 0 saturated carbocycles. The van der Waals surface area contributed by atoms with Crippen LogP contribution in [0.1, 0.15) is 46.0 Å². The molecule has 1 atom stereocenters. The summed E-state index contributed by atoms with van der Waals surface area (Å²) in [5.41, 5.74) is 0. The predicted molar refractivity (Wildman–Crippen MR) is 87.5 cm³/mol. The van der Waals surface area contributed by atoms with Gasteiger partial charge in [-0.25, -0.2) is 0 Å². The van der Waals surface area contributed by atoms with Crippen molar-refractivity contribution >= 4 is 18.3 Å². The standard InChI is InChI=1S/C15H31N3O.ClH/c1-3-5-7-14(4-2)15(19)17-8-6-11-18-12-9-16-10-13-18;/h14,16H,3-13H2,1-2H3,(H,17,19);1H. The van der Waals surface area contributed by atoms with Gasteiger partial charge >= 0.3 is 0 Å². The Morgan fingerprint density at radius 3 is 2.55 bits per heavy atom.